The lowest BCUT2D eigenvalue weighted by Gasteiger charge is -2.17. The van der Waals surface area contributed by atoms with Crippen LogP contribution in [0, 0.1) is 12.8 Å². The van der Waals surface area contributed by atoms with Gasteiger partial charge in [0.15, 0.2) is 0 Å². The molecule has 6 nitrogen and oxygen atoms in total. The number of nitrogens with one attached hydrogen (secondary N) is 1. The summed E-state index contributed by atoms with van der Waals surface area (Å²) in [6.07, 6.45) is 1.02. The first kappa shape index (κ1) is 19.2. The molecule has 2 heterocycles. The molecule has 1 atom stereocenters. The Morgan fingerprint density at radius 1 is 1.14 bits per heavy atom. The highest BCUT2D eigenvalue weighted by molar-refractivity contribution is 5.98. The van der Waals surface area contributed by atoms with Crippen molar-refractivity contribution in [3.05, 3.63) is 59.2 Å². The van der Waals surface area contributed by atoms with Crippen LogP contribution in [0.3, 0.4) is 0 Å². The maximum Gasteiger partial charge on any atom is 0.229 e. The Hall–Kier alpha value is -3.15. The van der Waals surface area contributed by atoms with Gasteiger partial charge in [0, 0.05) is 44.4 Å². The minimum Gasteiger partial charge on any atom is -0.338 e. The summed E-state index contributed by atoms with van der Waals surface area (Å²) >= 11 is 0. The summed E-state index contributed by atoms with van der Waals surface area (Å²) in [5.74, 6) is -0.448. The minimum absolute atomic E-state index is 0.0109. The van der Waals surface area contributed by atoms with Crippen LogP contribution in [0.2, 0.25) is 0 Å². The fourth-order valence-electron chi connectivity index (χ4n) is 4.07. The van der Waals surface area contributed by atoms with Gasteiger partial charge >= 0.3 is 0 Å². The lowest BCUT2D eigenvalue weighted by molar-refractivity contribution is -0.128. The summed E-state index contributed by atoms with van der Waals surface area (Å²) in [6.45, 7) is 5.23. The van der Waals surface area contributed by atoms with E-state index in [2.05, 4.69) is 5.32 Å². The van der Waals surface area contributed by atoms with E-state index in [9.17, 15) is 14.4 Å². The molecular formula is C23H25N3O3. The number of amides is 3. The van der Waals surface area contributed by atoms with Crippen LogP contribution in [0.15, 0.2) is 42.5 Å². The van der Waals surface area contributed by atoms with Crippen LogP contribution in [0.5, 0.6) is 0 Å². The zero-order chi connectivity index (χ0) is 20.5. The van der Waals surface area contributed by atoms with Crippen molar-refractivity contribution in [2.75, 3.05) is 23.3 Å². The lowest BCUT2D eigenvalue weighted by atomic mass is 10.1. The number of benzene rings is 2. The fraction of sp³-hybridized carbons (Fsp3) is 0.348. The Morgan fingerprint density at radius 2 is 1.90 bits per heavy atom. The van der Waals surface area contributed by atoms with Gasteiger partial charge in [-0.15, -0.1) is 0 Å². The van der Waals surface area contributed by atoms with Gasteiger partial charge < -0.3 is 15.1 Å². The van der Waals surface area contributed by atoms with Crippen molar-refractivity contribution in [2.24, 2.45) is 5.92 Å². The molecular weight excluding hydrogens is 366 g/mol. The number of likely N-dealkylation sites (tertiary alicyclic amines) is 1. The van der Waals surface area contributed by atoms with E-state index < -0.39 is 0 Å². The third-order valence-electron chi connectivity index (χ3n) is 5.70. The molecule has 29 heavy (non-hydrogen) atoms. The summed E-state index contributed by atoms with van der Waals surface area (Å²) in [7, 11) is 0. The molecule has 2 aromatic carbocycles. The Morgan fingerprint density at radius 3 is 2.62 bits per heavy atom. The van der Waals surface area contributed by atoms with E-state index >= 15 is 0 Å². The number of carbonyl (C=O) groups excluding carboxylic acids is 3. The van der Waals surface area contributed by atoms with Crippen LogP contribution >= 0.6 is 0 Å². The average Bonchev–Trinajstić information content (AvgIpc) is 3.27. The van der Waals surface area contributed by atoms with Crippen LogP contribution in [-0.2, 0) is 27.3 Å². The van der Waals surface area contributed by atoms with Crippen molar-refractivity contribution in [3.63, 3.8) is 0 Å². The molecule has 4 rings (SSSR count). The highest BCUT2D eigenvalue weighted by atomic mass is 16.2. The normalized spacial score (nSPS) is 18.1. The molecule has 2 aliphatic heterocycles. The van der Waals surface area contributed by atoms with Gasteiger partial charge in [-0.3, -0.25) is 14.4 Å². The third kappa shape index (κ3) is 4.01. The number of rotatable bonds is 4. The minimum atomic E-state index is -0.352. The monoisotopic (exact) mass is 391 g/mol. The van der Waals surface area contributed by atoms with Crippen molar-refractivity contribution in [1.82, 2.24) is 4.90 Å². The maximum absolute atomic E-state index is 12.7. The molecule has 0 bridgehead atoms. The number of hydrogen-bond acceptors (Lipinski definition) is 3. The van der Waals surface area contributed by atoms with Crippen LogP contribution < -0.4 is 10.2 Å². The first-order valence-corrected chi connectivity index (χ1v) is 9.96. The summed E-state index contributed by atoms with van der Waals surface area (Å²) < 4.78 is 0. The molecule has 1 saturated heterocycles. The number of carbonyl (C=O) groups is 3. The van der Waals surface area contributed by atoms with Gasteiger partial charge in [-0.1, -0.05) is 29.8 Å². The second-order valence-corrected chi connectivity index (χ2v) is 7.91. The maximum atomic E-state index is 12.7. The lowest BCUT2D eigenvalue weighted by Crippen LogP contribution is -2.28. The molecule has 1 N–H and O–H groups in total. The van der Waals surface area contributed by atoms with E-state index in [1.165, 1.54) is 5.56 Å². The smallest absolute Gasteiger partial charge is 0.229 e. The molecule has 2 aromatic rings. The fourth-order valence-corrected chi connectivity index (χ4v) is 4.07. The van der Waals surface area contributed by atoms with Gasteiger partial charge in [-0.25, -0.2) is 0 Å². The molecule has 6 heteroatoms. The first-order valence-electron chi connectivity index (χ1n) is 9.96. The highest BCUT2D eigenvalue weighted by Gasteiger charge is 2.34. The van der Waals surface area contributed by atoms with E-state index in [1.807, 2.05) is 49.4 Å². The van der Waals surface area contributed by atoms with Gasteiger partial charge in [0.25, 0.3) is 0 Å². The summed E-state index contributed by atoms with van der Waals surface area (Å²) in [5, 5.41) is 2.95. The van der Waals surface area contributed by atoms with Crippen molar-refractivity contribution < 1.29 is 14.4 Å². The van der Waals surface area contributed by atoms with Crippen LogP contribution in [0.25, 0.3) is 0 Å². The van der Waals surface area contributed by atoms with Gasteiger partial charge in [0.1, 0.15) is 0 Å². The molecule has 3 amide bonds. The predicted molar refractivity (Wildman–Crippen MR) is 112 cm³/mol. The number of hydrogen-bond donors (Lipinski definition) is 1. The SMILES string of the molecule is CC(=O)N1CCc2cc(NC(=O)C3CC(=O)N(Cc4ccc(C)cc4)C3)ccc21. The Balaban J connectivity index is 1.39. The summed E-state index contributed by atoms with van der Waals surface area (Å²) in [5.41, 5.74) is 4.93. The van der Waals surface area contributed by atoms with Gasteiger partial charge in [0.2, 0.25) is 17.7 Å². The quantitative estimate of drug-likeness (QED) is 0.871. The Labute approximate surface area is 170 Å². The van der Waals surface area contributed by atoms with Crippen molar-refractivity contribution in [1.29, 1.82) is 0 Å². The number of anilines is 2. The molecule has 1 fully saturated rings. The Bertz CT molecular complexity index is 968. The molecule has 0 saturated carbocycles. The van der Waals surface area contributed by atoms with Gasteiger partial charge in [0.05, 0.1) is 5.92 Å². The van der Waals surface area contributed by atoms with E-state index in [4.69, 9.17) is 0 Å². The summed E-state index contributed by atoms with van der Waals surface area (Å²) in [4.78, 5) is 40.3. The van der Waals surface area contributed by atoms with E-state index in [-0.39, 0.29) is 30.1 Å². The van der Waals surface area contributed by atoms with Crippen LogP contribution in [0.1, 0.15) is 30.0 Å². The molecule has 150 valence electrons. The molecule has 2 aliphatic rings. The zero-order valence-corrected chi connectivity index (χ0v) is 16.8. The van der Waals surface area contributed by atoms with Crippen LogP contribution in [0.4, 0.5) is 11.4 Å². The largest absolute Gasteiger partial charge is 0.338 e. The molecule has 0 aromatic heterocycles. The second-order valence-electron chi connectivity index (χ2n) is 7.91. The molecule has 0 radical (unpaired) electrons. The average molecular weight is 391 g/mol. The van der Waals surface area contributed by atoms with E-state index in [0.717, 1.165) is 23.2 Å². The standard InChI is InChI=1S/C23H25N3O3/c1-15-3-5-17(6-4-15)13-25-14-19(12-22(25)28)23(29)24-20-7-8-21-18(11-20)9-10-26(21)16(2)27/h3-8,11,19H,9-10,12-14H2,1-2H3,(H,24,29). The molecule has 1 unspecified atom stereocenters. The number of aryl methyl sites for hydroxylation is 1. The van der Waals surface area contributed by atoms with Crippen molar-refractivity contribution in [2.45, 2.75) is 33.2 Å². The first-order chi connectivity index (χ1) is 13.9. The van der Waals surface area contributed by atoms with Crippen LogP contribution in [-0.4, -0.2) is 35.7 Å². The second kappa shape index (κ2) is 7.70. The summed E-state index contributed by atoms with van der Waals surface area (Å²) in [6, 6.07) is 13.7. The Kier molecular flexibility index (Phi) is 5.09. The third-order valence-corrected chi connectivity index (χ3v) is 5.70. The highest BCUT2D eigenvalue weighted by Crippen LogP contribution is 2.31. The number of nitrogens with zero attached hydrogens (tertiary/aromatic N) is 2. The van der Waals surface area contributed by atoms with Crippen molar-refractivity contribution >= 4 is 29.1 Å². The topological polar surface area (TPSA) is 69.7 Å². The van der Waals surface area contributed by atoms with Crippen molar-refractivity contribution in [3.8, 4) is 0 Å². The number of fused-ring (bicyclic) bond motifs is 1. The predicted octanol–water partition coefficient (Wildman–Crippen LogP) is 2.89. The van der Waals surface area contributed by atoms with E-state index in [1.54, 1.807) is 16.7 Å². The van der Waals surface area contributed by atoms with Gasteiger partial charge in [-0.2, -0.15) is 0 Å². The van der Waals surface area contributed by atoms with E-state index in [0.29, 0.717) is 25.3 Å². The zero-order valence-electron chi connectivity index (χ0n) is 16.8. The molecule has 0 aliphatic carbocycles. The van der Waals surface area contributed by atoms with Gasteiger partial charge in [-0.05, 0) is 42.7 Å². The molecule has 0 spiro atoms.